The summed E-state index contributed by atoms with van der Waals surface area (Å²) in [5, 5.41) is 1.81. The van der Waals surface area contributed by atoms with E-state index in [0.717, 1.165) is 5.56 Å². The molecule has 0 radical (unpaired) electrons. The van der Waals surface area contributed by atoms with E-state index in [0.29, 0.717) is 24.0 Å². The monoisotopic (exact) mass is 292 g/mol. The van der Waals surface area contributed by atoms with Crippen LogP contribution >= 0.6 is 11.8 Å². The molecule has 1 aromatic carbocycles. The molecule has 0 aliphatic heterocycles. The van der Waals surface area contributed by atoms with Crippen LogP contribution in [0.2, 0.25) is 0 Å². The Hall–Kier alpha value is -1.88. The van der Waals surface area contributed by atoms with Crippen molar-refractivity contribution in [2.45, 2.75) is 13.5 Å². The molecule has 3 nitrogen and oxygen atoms in total. The minimum Gasteiger partial charge on any atom is -0.448 e. The lowest BCUT2D eigenvalue weighted by Crippen LogP contribution is -2.01. The van der Waals surface area contributed by atoms with Gasteiger partial charge in [0.15, 0.2) is 5.90 Å². The number of halogens is 1. The predicted octanol–water partition coefficient (Wildman–Crippen LogP) is 4.18. The van der Waals surface area contributed by atoms with E-state index >= 15 is 0 Å². The van der Waals surface area contributed by atoms with Crippen LogP contribution in [0, 0.1) is 5.82 Å². The molecule has 0 N–H and O–H groups in total. The first-order valence-electron chi connectivity index (χ1n) is 5.95. The molecule has 0 spiro atoms. The van der Waals surface area contributed by atoms with Gasteiger partial charge in [0.2, 0.25) is 0 Å². The van der Waals surface area contributed by atoms with Crippen LogP contribution in [0.25, 0.3) is 0 Å². The zero-order valence-corrected chi connectivity index (χ0v) is 12.2. The van der Waals surface area contributed by atoms with Crippen LogP contribution in [0.4, 0.5) is 4.39 Å². The number of hydrogen-bond donors (Lipinski definition) is 0. The van der Waals surface area contributed by atoms with Crippen molar-refractivity contribution in [2.75, 3.05) is 5.75 Å². The minimum absolute atomic E-state index is 0.252. The number of rotatable bonds is 7. The van der Waals surface area contributed by atoms with Gasteiger partial charge in [-0.1, -0.05) is 18.7 Å². The van der Waals surface area contributed by atoms with Gasteiger partial charge in [-0.2, -0.15) is 0 Å². The Morgan fingerprint density at radius 1 is 1.40 bits per heavy atom. The maximum Gasteiger partial charge on any atom is 0.186 e. The summed E-state index contributed by atoms with van der Waals surface area (Å²) in [6.07, 6.45) is 1.60. The Bertz CT molecular complexity index is 509. The van der Waals surface area contributed by atoms with E-state index in [1.807, 2.05) is 5.41 Å². The molecule has 0 bridgehead atoms. The molecule has 0 aliphatic carbocycles. The fourth-order valence-electron chi connectivity index (χ4n) is 1.29. The maximum absolute atomic E-state index is 12.7. The highest BCUT2D eigenvalue weighted by atomic mass is 32.2. The predicted molar refractivity (Wildman–Crippen MR) is 84.6 cm³/mol. The molecule has 0 atom stereocenters. The van der Waals surface area contributed by atoms with Crippen LogP contribution in [0.3, 0.4) is 0 Å². The standard InChI is InChI=1S/C15H17FN2OS/c1-12(11-20-9-8-17-3)19-13(2)18-10-14-4-6-15(16)7-5-14/h4-9H,1,3,10-11H2,2H3/b9-8-,18-13?. The third-order valence-electron chi connectivity index (χ3n) is 2.20. The number of benzene rings is 1. The van der Waals surface area contributed by atoms with Gasteiger partial charge in [0.05, 0.1) is 12.3 Å². The summed E-state index contributed by atoms with van der Waals surface area (Å²) in [5.74, 6) is 1.52. The van der Waals surface area contributed by atoms with Crippen LogP contribution in [-0.4, -0.2) is 18.4 Å². The van der Waals surface area contributed by atoms with Crippen LogP contribution in [0.1, 0.15) is 12.5 Å². The average Bonchev–Trinajstić information content (AvgIpc) is 2.43. The van der Waals surface area contributed by atoms with Crippen molar-refractivity contribution in [1.29, 1.82) is 0 Å². The number of nitrogens with zero attached hydrogens (tertiary/aromatic N) is 2. The fourth-order valence-corrected chi connectivity index (χ4v) is 1.80. The van der Waals surface area contributed by atoms with Crippen molar-refractivity contribution in [3.8, 4) is 0 Å². The van der Waals surface area contributed by atoms with Crippen LogP contribution < -0.4 is 0 Å². The van der Waals surface area contributed by atoms with Gasteiger partial charge in [-0.15, -0.1) is 11.8 Å². The molecule has 0 fully saturated rings. The lowest BCUT2D eigenvalue weighted by Gasteiger charge is -2.06. The molecular formula is C15H17FN2OS. The Balaban J connectivity index is 2.37. The second kappa shape index (κ2) is 9.09. The fraction of sp³-hybridized carbons (Fsp3) is 0.200. The van der Waals surface area contributed by atoms with Crippen molar-refractivity contribution in [1.82, 2.24) is 0 Å². The van der Waals surface area contributed by atoms with Crippen molar-refractivity contribution in [3.63, 3.8) is 0 Å². The van der Waals surface area contributed by atoms with E-state index in [1.54, 1.807) is 25.3 Å². The molecule has 0 saturated carbocycles. The second-order valence-corrected chi connectivity index (χ2v) is 4.78. The van der Waals surface area contributed by atoms with Gasteiger partial charge in [-0.05, 0) is 29.8 Å². The van der Waals surface area contributed by atoms with Gasteiger partial charge in [0.1, 0.15) is 11.6 Å². The van der Waals surface area contributed by atoms with Gasteiger partial charge >= 0.3 is 0 Å². The smallest absolute Gasteiger partial charge is 0.186 e. The summed E-state index contributed by atoms with van der Waals surface area (Å²) >= 11 is 1.51. The normalized spacial score (nSPS) is 11.6. The molecule has 0 amide bonds. The molecule has 0 heterocycles. The van der Waals surface area contributed by atoms with E-state index in [9.17, 15) is 4.39 Å². The SMILES string of the molecule is C=N/C=C\SCC(=C)OC(C)=NCc1ccc(F)cc1. The quantitative estimate of drug-likeness (QED) is 0.429. The Kier molecular flexibility index (Phi) is 7.35. The van der Waals surface area contributed by atoms with Gasteiger partial charge in [-0.3, -0.25) is 9.98 Å². The molecule has 0 saturated heterocycles. The van der Waals surface area contributed by atoms with Gasteiger partial charge in [-0.25, -0.2) is 4.39 Å². The maximum atomic E-state index is 12.7. The molecule has 0 unspecified atom stereocenters. The molecule has 20 heavy (non-hydrogen) atoms. The van der Waals surface area contributed by atoms with Crippen LogP contribution in [-0.2, 0) is 11.3 Å². The summed E-state index contributed by atoms with van der Waals surface area (Å²) in [6.45, 7) is 9.36. The summed E-state index contributed by atoms with van der Waals surface area (Å²) in [7, 11) is 0. The average molecular weight is 292 g/mol. The van der Waals surface area contributed by atoms with E-state index < -0.39 is 0 Å². The van der Waals surface area contributed by atoms with Crippen molar-refractivity contribution >= 4 is 24.4 Å². The van der Waals surface area contributed by atoms with Gasteiger partial charge in [0.25, 0.3) is 0 Å². The molecular weight excluding hydrogens is 275 g/mol. The number of hydrogen-bond acceptors (Lipinski definition) is 4. The molecule has 1 aromatic rings. The summed E-state index contributed by atoms with van der Waals surface area (Å²) in [6, 6.07) is 6.22. The second-order valence-electron chi connectivity index (χ2n) is 3.88. The Morgan fingerprint density at radius 2 is 2.10 bits per heavy atom. The lowest BCUT2D eigenvalue weighted by atomic mass is 10.2. The van der Waals surface area contributed by atoms with E-state index in [2.05, 4.69) is 23.3 Å². The molecule has 1 rings (SSSR count). The lowest BCUT2D eigenvalue weighted by molar-refractivity contribution is 0.416. The highest BCUT2D eigenvalue weighted by molar-refractivity contribution is 8.02. The minimum atomic E-state index is -0.252. The topological polar surface area (TPSA) is 34.0 Å². The van der Waals surface area contributed by atoms with Crippen LogP contribution in [0.15, 0.2) is 58.2 Å². The number of aliphatic imine (C=N–C) groups is 2. The highest BCUT2D eigenvalue weighted by Crippen LogP contribution is 2.10. The van der Waals surface area contributed by atoms with Gasteiger partial charge in [0, 0.05) is 13.1 Å². The summed E-state index contributed by atoms with van der Waals surface area (Å²) in [4.78, 5) is 7.85. The molecule has 0 aromatic heterocycles. The number of thioether (sulfide) groups is 1. The van der Waals surface area contributed by atoms with E-state index in [-0.39, 0.29) is 5.82 Å². The van der Waals surface area contributed by atoms with E-state index in [4.69, 9.17) is 4.74 Å². The van der Waals surface area contributed by atoms with Crippen molar-refractivity contribution in [2.24, 2.45) is 9.98 Å². The highest BCUT2D eigenvalue weighted by Gasteiger charge is 1.98. The van der Waals surface area contributed by atoms with Crippen LogP contribution in [0.5, 0.6) is 0 Å². The first-order chi connectivity index (χ1) is 9.61. The summed E-state index contributed by atoms with van der Waals surface area (Å²) in [5.41, 5.74) is 0.925. The third-order valence-corrected chi connectivity index (χ3v) is 3.00. The Labute approximate surface area is 123 Å². The zero-order chi connectivity index (χ0) is 14.8. The third kappa shape index (κ3) is 6.89. The first kappa shape index (κ1) is 16.2. The zero-order valence-electron chi connectivity index (χ0n) is 11.4. The van der Waals surface area contributed by atoms with Crippen molar-refractivity contribution in [3.05, 3.63) is 59.6 Å². The van der Waals surface area contributed by atoms with Gasteiger partial charge < -0.3 is 4.74 Å². The molecule has 106 valence electrons. The van der Waals surface area contributed by atoms with E-state index in [1.165, 1.54) is 23.9 Å². The first-order valence-corrected chi connectivity index (χ1v) is 7.00. The number of ether oxygens (including phenoxy) is 1. The van der Waals surface area contributed by atoms with Crippen molar-refractivity contribution < 1.29 is 9.13 Å². The largest absolute Gasteiger partial charge is 0.448 e. The molecule has 0 aliphatic rings. The Morgan fingerprint density at radius 3 is 2.75 bits per heavy atom. The summed E-state index contributed by atoms with van der Waals surface area (Å²) < 4.78 is 18.2. The molecule has 5 heteroatoms.